The van der Waals surface area contributed by atoms with Gasteiger partial charge in [-0.15, -0.1) is 0 Å². The van der Waals surface area contributed by atoms with Gasteiger partial charge < -0.3 is 20.5 Å². The Hall–Kier alpha value is -3.32. The van der Waals surface area contributed by atoms with E-state index in [2.05, 4.69) is 0 Å². The van der Waals surface area contributed by atoms with Gasteiger partial charge in [0.2, 0.25) is 5.91 Å². The van der Waals surface area contributed by atoms with Crippen molar-refractivity contribution in [3.8, 4) is 16.9 Å². The summed E-state index contributed by atoms with van der Waals surface area (Å²) in [7, 11) is 0. The molecule has 2 saturated heterocycles. The van der Waals surface area contributed by atoms with Crippen molar-refractivity contribution in [2.75, 3.05) is 32.8 Å². The molecular formula is C27H29F6N3O4. The summed E-state index contributed by atoms with van der Waals surface area (Å²) in [6.07, 6.45) is -5.77. The number of hydrogen-bond donors (Lipinski definition) is 2. The van der Waals surface area contributed by atoms with E-state index in [9.17, 15) is 41.0 Å². The molecule has 4 rings (SSSR count). The van der Waals surface area contributed by atoms with Crippen molar-refractivity contribution in [2.24, 2.45) is 11.7 Å². The van der Waals surface area contributed by atoms with Gasteiger partial charge in [0.1, 0.15) is 17.6 Å². The van der Waals surface area contributed by atoms with E-state index in [-0.39, 0.29) is 49.7 Å². The maximum atomic E-state index is 14.9. The second-order valence-electron chi connectivity index (χ2n) is 10.2. The minimum atomic E-state index is -5.58. The first kappa shape index (κ1) is 29.7. The lowest BCUT2D eigenvalue weighted by Gasteiger charge is -2.34. The molecule has 0 saturated carbocycles. The molecule has 0 bridgehead atoms. The highest BCUT2D eigenvalue weighted by Gasteiger charge is 2.58. The SMILES string of the molecule is NC(=O)[C@@H]1C[C@@H](O)CN1C(=O)c1c(F)cccc1-c1ccc(OCC2CCN(CC(F)(F)C(F)(F)F)CC2)cc1. The van der Waals surface area contributed by atoms with E-state index in [1.807, 2.05) is 0 Å². The Balaban J connectivity index is 1.38. The van der Waals surface area contributed by atoms with Crippen LogP contribution in [0.2, 0.25) is 0 Å². The molecular weight excluding hydrogens is 544 g/mol. The number of primary amides is 1. The summed E-state index contributed by atoms with van der Waals surface area (Å²) in [5, 5.41) is 9.95. The number of ether oxygens (including phenoxy) is 1. The number of halogens is 6. The fraction of sp³-hybridized carbons (Fsp3) is 0.481. The van der Waals surface area contributed by atoms with E-state index < -0.39 is 48.4 Å². The number of β-amino-alcohol motifs (C(OH)–C–C–N with tert-alkyl or cyclic N) is 1. The first-order chi connectivity index (χ1) is 18.8. The van der Waals surface area contributed by atoms with Gasteiger partial charge in [-0.05, 0) is 61.2 Å². The Morgan fingerprint density at radius 1 is 1.02 bits per heavy atom. The van der Waals surface area contributed by atoms with Gasteiger partial charge in [-0.2, -0.15) is 22.0 Å². The molecule has 2 amide bonds. The summed E-state index contributed by atoms with van der Waals surface area (Å²) >= 11 is 0. The van der Waals surface area contributed by atoms with Crippen LogP contribution in [0.25, 0.3) is 11.1 Å². The largest absolute Gasteiger partial charge is 0.493 e. The van der Waals surface area contributed by atoms with Crippen molar-refractivity contribution in [3.05, 3.63) is 53.8 Å². The number of aliphatic hydroxyl groups excluding tert-OH is 1. The molecule has 40 heavy (non-hydrogen) atoms. The van der Waals surface area contributed by atoms with Gasteiger partial charge >= 0.3 is 12.1 Å². The Kier molecular flexibility index (Phi) is 8.64. The van der Waals surface area contributed by atoms with Crippen LogP contribution in [0, 0.1) is 11.7 Å². The number of carbonyl (C=O) groups excluding carboxylic acids is 2. The van der Waals surface area contributed by atoms with Gasteiger partial charge in [0.05, 0.1) is 24.8 Å². The van der Waals surface area contributed by atoms with Crippen LogP contribution in [0.4, 0.5) is 26.3 Å². The molecule has 2 atom stereocenters. The number of amides is 2. The molecule has 2 fully saturated rings. The first-order valence-electron chi connectivity index (χ1n) is 12.7. The maximum Gasteiger partial charge on any atom is 0.454 e. The monoisotopic (exact) mass is 573 g/mol. The minimum Gasteiger partial charge on any atom is -0.493 e. The number of carbonyl (C=O) groups is 2. The Morgan fingerprint density at radius 3 is 2.27 bits per heavy atom. The molecule has 3 N–H and O–H groups in total. The number of piperidine rings is 1. The molecule has 13 heteroatoms. The first-order valence-corrected chi connectivity index (χ1v) is 12.7. The molecule has 0 unspecified atom stereocenters. The summed E-state index contributed by atoms with van der Waals surface area (Å²) in [4.78, 5) is 27.2. The number of likely N-dealkylation sites (tertiary alicyclic amines) is 2. The molecule has 2 heterocycles. The highest BCUT2D eigenvalue weighted by molar-refractivity contribution is 6.03. The lowest BCUT2D eigenvalue weighted by atomic mass is 9.97. The fourth-order valence-electron chi connectivity index (χ4n) is 5.06. The van der Waals surface area contributed by atoms with Gasteiger partial charge in [0, 0.05) is 13.0 Å². The third-order valence-corrected chi connectivity index (χ3v) is 7.29. The van der Waals surface area contributed by atoms with E-state index in [0.29, 0.717) is 24.2 Å². The van der Waals surface area contributed by atoms with Crippen LogP contribution in [-0.2, 0) is 4.79 Å². The predicted molar refractivity (Wildman–Crippen MR) is 132 cm³/mol. The second-order valence-corrected chi connectivity index (χ2v) is 10.2. The van der Waals surface area contributed by atoms with Gasteiger partial charge in [-0.3, -0.25) is 14.5 Å². The topological polar surface area (TPSA) is 96.1 Å². The summed E-state index contributed by atoms with van der Waals surface area (Å²) in [5.41, 5.74) is 5.87. The highest BCUT2D eigenvalue weighted by Crippen LogP contribution is 2.37. The normalized spacial score (nSPS) is 21.0. The molecule has 218 valence electrons. The van der Waals surface area contributed by atoms with Crippen LogP contribution >= 0.6 is 0 Å². The lowest BCUT2D eigenvalue weighted by molar-refractivity contribution is -0.287. The predicted octanol–water partition coefficient (Wildman–Crippen LogP) is 3.84. The Bertz CT molecular complexity index is 1220. The molecule has 0 spiro atoms. The maximum absolute atomic E-state index is 14.9. The van der Waals surface area contributed by atoms with Crippen LogP contribution in [0.3, 0.4) is 0 Å². The van der Waals surface area contributed by atoms with Crippen LogP contribution in [-0.4, -0.2) is 83.8 Å². The summed E-state index contributed by atoms with van der Waals surface area (Å²) in [6.45, 7) is -1.09. The number of rotatable bonds is 8. The van der Waals surface area contributed by atoms with Gasteiger partial charge in [-0.1, -0.05) is 24.3 Å². The van der Waals surface area contributed by atoms with Crippen LogP contribution in [0.15, 0.2) is 42.5 Å². The number of nitrogens with two attached hydrogens (primary N) is 1. The van der Waals surface area contributed by atoms with Crippen molar-refractivity contribution in [3.63, 3.8) is 0 Å². The van der Waals surface area contributed by atoms with Crippen LogP contribution in [0.1, 0.15) is 29.6 Å². The van der Waals surface area contributed by atoms with Crippen molar-refractivity contribution >= 4 is 11.8 Å². The Morgan fingerprint density at radius 2 is 1.68 bits per heavy atom. The molecule has 2 aromatic rings. The smallest absolute Gasteiger partial charge is 0.454 e. The number of benzene rings is 2. The van der Waals surface area contributed by atoms with Crippen LogP contribution in [0.5, 0.6) is 5.75 Å². The molecule has 0 aromatic heterocycles. The average Bonchev–Trinajstić information content (AvgIpc) is 3.29. The second kappa shape index (κ2) is 11.7. The molecule has 2 aliphatic heterocycles. The van der Waals surface area contributed by atoms with Crippen molar-refractivity contribution in [1.82, 2.24) is 9.80 Å². The number of alkyl halides is 5. The summed E-state index contributed by atoms with van der Waals surface area (Å²) in [5.74, 6) is -6.70. The summed E-state index contributed by atoms with van der Waals surface area (Å²) < 4.78 is 84.7. The zero-order valence-corrected chi connectivity index (χ0v) is 21.3. The highest BCUT2D eigenvalue weighted by atomic mass is 19.4. The molecule has 2 aromatic carbocycles. The van der Waals surface area contributed by atoms with E-state index in [4.69, 9.17) is 10.5 Å². The average molecular weight is 574 g/mol. The van der Waals surface area contributed by atoms with E-state index in [0.717, 1.165) is 15.9 Å². The molecule has 2 aliphatic rings. The third kappa shape index (κ3) is 6.52. The number of nitrogens with zero attached hydrogens (tertiary/aromatic N) is 2. The summed E-state index contributed by atoms with van der Waals surface area (Å²) in [6, 6.07) is 9.51. The van der Waals surface area contributed by atoms with Gasteiger partial charge in [0.15, 0.2) is 0 Å². The van der Waals surface area contributed by atoms with Crippen LogP contribution < -0.4 is 10.5 Å². The van der Waals surface area contributed by atoms with Crippen molar-refractivity contribution in [2.45, 2.75) is 43.5 Å². The van der Waals surface area contributed by atoms with Crippen molar-refractivity contribution in [1.29, 1.82) is 0 Å². The quantitative estimate of drug-likeness (QED) is 0.468. The van der Waals surface area contributed by atoms with Crippen molar-refractivity contribution < 1.29 is 45.8 Å². The molecule has 0 aliphatic carbocycles. The van der Waals surface area contributed by atoms with Gasteiger partial charge in [0.25, 0.3) is 5.91 Å². The zero-order valence-electron chi connectivity index (χ0n) is 21.3. The van der Waals surface area contributed by atoms with E-state index >= 15 is 0 Å². The molecule has 0 radical (unpaired) electrons. The Labute approximate surface area is 226 Å². The number of aliphatic hydroxyl groups is 1. The fourth-order valence-corrected chi connectivity index (χ4v) is 5.06. The minimum absolute atomic E-state index is 0.0307. The zero-order chi connectivity index (χ0) is 29.2. The van der Waals surface area contributed by atoms with E-state index in [1.165, 1.54) is 6.07 Å². The standard InChI is InChI=1S/C27H29F6N3O4/c28-21-3-1-2-20(23(21)25(39)36-13-18(37)12-22(36)24(34)38)17-4-6-19(7-5-17)40-14-16-8-10-35(11-9-16)15-26(29,30)27(31,32)33/h1-7,16,18,22,37H,8-15H2,(H2,34,38)/t18-,22+/m1/s1. The molecule has 7 nitrogen and oxygen atoms in total. The lowest BCUT2D eigenvalue weighted by Crippen LogP contribution is -2.49. The van der Waals surface area contributed by atoms with Gasteiger partial charge in [-0.25, -0.2) is 4.39 Å². The van der Waals surface area contributed by atoms with E-state index in [1.54, 1.807) is 30.3 Å². The third-order valence-electron chi connectivity index (χ3n) is 7.29. The number of hydrogen-bond acceptors (Lipinski definition) is 5.